The Kier molecular flexibility index (Phi) is 5.29. The molecular weight excluding hydrogens is 402 g/mol. The minimum atomic E-state index is -0.409. The van der Waals surface area contributed by atoms with Crippen LogP contribution in [0.5, 0.6) is 5.75 Å². The fourth-order valence-electron chi connectivity index (χ4n) is 3.88. The van der Waals surface area contributed by atoms with Crippen molar-refractivity contribution in [2.75, 3.05) is 19.0 Å². The first-order chi connectivity index (χ1) is 15.7. The molecule has 1 N–H and O–H groups in total. The van der Waals surface area contributed by atoms with E-state index < -0.39 is 6.17 Å². The van der Waals surface area contributed by atoms with Gasteiger partial charge in [-0.15, -0.1) is 5.10 Å². The average molecular weight is 425 g/mol. The number of amides is 1. The number of rotatable bonds is 6. The Balaban J connectivity index is 1.44. The lowest BCUT2D eigenvalue weighted by molar-refractivity contribution is 0.0682. The Morgan fingerprint density at radius 2 is 1.72 bits per heavy atom. The monoisotopic (exact) mass is 425 g/mol. The molecule has 0 saturated carbocycles. The van der Waals surface area contributed by atoms with E-state index in [1.165, 1.54) is 0 Å². The Morgan fingerprint density at radius 1 is 0.969 bits per heavy atom. The van der Waals surface area contributed by atoms with Gasteiger partial charge in [-0.2, -0.15) is 9.90 Å². The molecule has 7 heteroatoms. The molecule has 2 heterocycles. The second-order valence-electron chi connectivity index (χ2n) is 7.58. The SMILES string of the molecule is COc1ccc(CCN2C(=O)c3ccccc3N[C@@H]2c2cnn(-c3ccccc3)n2)cc1. The maximum Gasteiger partial charge on any atom is 0.257 e. The fourth-order valence-corrected chi connectivity index (χ4v) is 3.88. The van der Waals surface area contributed by atoms with Crippen molar-refractivity contribution in [2.24, 2.45) is 0 Å². The van der Waals surface area contributed by atoms with Gasteiger partial charge < -0.3 is 15.0 Å². The highest BCUT2D eigenvalue weighted by molar-refractivity contribution is 6.01. The number of carbonyl (C=O) groups is 1. The Bertz CT molecular complexity index is 1220. The van der Waals surface area contributed by atoms with Crippen LogP contribution < -0.4 is 10.1 Å². The van der Waals surface area contributed by atoms with E-state index in [0.717, 1.165) is 22.7 Å². The summed E-state index contributed by atoms with van der Waals surface area (Å²) in [5.74, 6) is 0.793. The van der Waals surface area contributed by atoms with Crippen LogP contribution in [0.1, 0.15) is 27.8 Å². The average Bonchev–Trinajstić information content (AvgIpc) is 3.34. The van der Waals surface area contributed by atoms with Gasteiger partial charge in [-0.05, 0) is 48.4 Å². The van der Waals surface area contributed by atoms with E-state index in [4.69, 9.17) is 4.74 Å². The van der Waals surface area contributed by atoms with Gasteiger partial charge in [0.05, 0.1) is 24.6 Å². The van der Waals surface area contributed by atoms with Crippen LogP contribution in [0.3, 0.4) is 0 Å². The first-order valence-electron chi connectivity index (χ1n) is 10.5. The van der Waals surface area contributed by atoms with Crippen molar-refractivity contribution in [1.82, 2.24) is 19.9 Å². The molecular formula is C25H23N5O2. The first-order valence-corrected chi connectivity index (χ1v) is 10.5. The molecule has 0 aliphatic carbocycles. The third-order valence-electron chi connectivity index (χ3n) is 5.60. The summed E-state index contributed by atoms with van der Waals surface area (Å²) in [5.41, 5.74) is 4.15. The zero-order chi connectivity index (χ0) is 21.9. The molecule has 160 valence electrons. The minimum absolute atomic E-state index is 0.0212. The number of nitrogens with zero attached hydrogens (tertiary/aromatic N) is 4. The summed E-state index contributed by atoms with van der Waals surface area (Å²) < 4.78 is 5.24. The van der Waals surface area contributed by atoms with Gasteiger partial charge in [0.25, 0.3) is 5.91 Å². The number of hydrogen-bond acceptors (Lipinski definition) is 5. The zero-order valence-electron chi connectivity index (χ0n) is 17.7. The van der Waals surface area contributed by atoms with Crippen LogP contribution in [0, 0.1) is 0 Å². The van der Waals surface area contributed by atoms with E-state index in [0.29, 0.717) is 24.2 Å². The number of anilines is 1. The van der Waals surface area contributed by atoms with E-state index in [-0.39, 0.29) is 5.91 Å². The second-order valence-corrected chi connectivity index (χ2v) is 7.58. The molecule has 1 amide bonds. The summed E-state index contributed by atoms with van der Waals surface area (Å²) >= 11 is 0. The number of hydrogen-bond donors (Lipinski definition) is 1. The summed E-state index contributed by atoms with van der Waals surface area (Å²) in [6.45, 7) is 0.537. The third-order valence-corrected chi connectivity index (χ3v) is 5.60. The number of carbonyl (C=O) groups excluding carboxylic acids is 1. The molecule has 3 aromatic carbocycles. The van der Waals surface area contributed by atoms with Crippen molar-refractivity contribution in [3.05, 3.63) is 102 Å². The van der Waals surface area contributed by atoms with Gasteiger partial charge in [0.15, 0.2) is 0 Å². The molecule has 32 heavy (non-hydrogen) atoms. The fraction of sp³-hybridized carbons (Fsp3) is 0.160. The van der Waals surface area contributed by atoms with Crippen molar-refractivity contribution < 1.29 is 9.53 Å². The Labute approximate surface area is 186 Å². The van der Waals surface area contributed by atoms with Gasteiger partial charge in [-0.25, -0.2) is 0 Å². The molecule has 1 atom stereocenters. The van der Waals surface area contributed by atoms with Gasteiger partial charge in [0, 0.05) is 12.2 Å². The molecule has 0 unspecified atom stereocenters. The Morgan fingerprint density at radius 3 is 2.50 bits per heavy atom. The lowest BCUT2D eigenvalue weighted by Gasteiger charge is -2.36. The van der Waals surface area contributed by atoms with Gasteiger partial charge in [0.2, 0.25) is 0 Å². The second kappa shape index (κ2) is 8.55. The van der Waals surface area contributed by atoms with E-state index in [1.807, 2.05) is 83.8 Å². The third kappa shape index (κ3) is 3.80. The van der Waals surface area contributed by atoms with E-state index in [2.05, 4.69) is 15.5 Å². The van der Waals surface area contributed by atoms with Gasteiger partial charge >= 0.3 is 0 Å². The molecule has 1 aromatic heterocycles. The maximum absolute atomic E-state index is 13.4. The highest BCUT2D eigenvalue weighted by Crippen LogP contribution is 2.32. The van der Waals surface area contributed by atoms with Crippen molar-refractivity contribution in [2.45, 2.75) is 12.6 Å². The largest absolute Gasteiger partial charge is 0.497 e. The quantitative estimate of drug-likeness (QED) is 0.504. The Hall–Kier alpha value is -4.13. The lowest BCUT2D eigenvalue weighted by Crippen LogP contribution is -2.44. The van der Waals surface area contributed by atoms with E-state index in [1.54, 1.807) is 18.1 Å². The highest BCUT2D eigenvalue weighted by Gasteiger charge is 2.34. The molecule has 0 radical (unpaired) electrons. The van der Waals surface area contributed by atoms with Crippen LogP contribution in [0.4, 0.5) is 5.69 Å². The number of methoxy groups -OCH3 is 1. The number of fused-ring (bicyclic) bond motifs is 1. The summed E-state index contributed by atoms with van der Waals surface area (Å²) in [6.07, 6.45) is 2.02. The predicted molar refractivity (Wildman–Crippen MR) is 122 cm³/mol. The number of benzene rings is 3. The molecule has 1 aliphatic rings. The number of nitrogens with one attached hydrogen (secondary N) is 1. The first kappa shape index (κ1) is 19.8. The van der Waals surface area contributed by atoms with E-state index in [9.17, 15) is 4.79 Å². The molecule has 7 nitrogen and oxygen atoms in total. The summed E-state index contributed by atoms with van der Waals surface area (Å²) in [6, 6.07) is 25.2. The van der Waals surface area contributed by atoms with Gasteiger partial charge in [-0.1, -0.05) is 42.5 Å². The molecule has 0 spiro atoms. The van der Waals surface area contributed by atoms with Gasteiger partial charge in [0.1, 0.15) is 17.6 Å². The predicted octanol–water partition coefficient (Wildman–Crippen LogP) is 4.09. The van der Waals surface area contributed by atoms with Gasteiger partial charge in [-0.3, -0.25) is 4.79 Å². The lowest BCUT2D eigenvalue weighted by atomic mass is 10.0. The maximum atomic E-state index is 13.4. The standard InChI is InChI=1S/C25H23N5O2/c1-32-20-13-11-18(12-14-20)15-16-29-24(27-22-10-6-5-9-21(22)25(29)31)23-17-26-30(28-23)19-7-3-2-4-8-19/h2-14,17,24,27H,15-16H2,1H3/t24-/m0/s1. The van der Waals surface area contributed by atoms with Crippen molar-refractivity contribution in [3.63, 3.8) is 0 Å². The van der Waals surface area contributed by atoms with Crippen LogP contribution in [0.15, 0.2) is 85.1 Å². The molecule has 0 fully saturated rings. The van der Waals surface area contributed by atoms with Crippen LogP contribution in [0.2, 0.25) is 0 Å². The van der Waals surface area contributed by atoms with Crippen LogP contribution in [-0.4, -0.2) is 39.5 Å². The molecule has 0 saturated heterocycles. The molecule has 1 aliphatic heterocycles. The van der Waals surface area contributed by atoms with Crippen molar-refractivity contribution in [3.8, 4) is 11.4 Å². The topological polar surface area (TPSA) is 72.3 Å². The number of aromatic nitrogens is 3. The van der Waals surface area contributed by atoms with Crippen LogP contribution in [0.25, 0.3) is 5.69 Å². The summed E-state index contributed by atoms with van der Waals surface area (Å²) in [5, 5.41) is 12.6. The smallest absolute Gasteiger partial charge is 0.257 e. The molecule has 0 bridgehead atoms. The number of ether oxygens (including phenoxy) is 1. The summed E-state index contributed by atoms with van der Waals surface area (Å²) in [4.78, 5) is 16.8. The molecule has 4 aromatic rings. The van der Waals surface area contributed by atoms with Crippen molar-refractivity contribution in [1.29, 1.82) is 0 Å². The van der Waals surface area contributed by atoms with Crippen LogP contribution in [-0.2, 0) is 6.42 Å². The number of para-hydroxylation sites is 2. The minimum Gasteiger partial charge on any atom is -0.497 e. The van der Waals surface area contributed by atoms with Crippen molar-refractivity contribution >= 4 is 11.6 Å². The normalized spacial score (nSPS) is 15.2. The van der Waals surface area contributed by atoms with E-state index >= 15 is 0 Å². The molecule has 5 rings (SSSR count). The highest BCUT2D eigenvalue weighted by atomic mass is 16.5. The summed E-state index contributed by atoms with van der Waals surface area (Å²) in [7, 11) is 1.65. The zero-order valence-corrected chi connectivity index (χ0v) is 17.7. The van der Waals surface area contributed by atoms with Crippen LogP contribution >= 0.6 is 0 Å².